The lowest BCUT2D eigenvalue weighted by molar-refractivity contribution is 0.313. The fourth-order valence-corrected chi connectivity index (χ4v) is 4.13. The Morgan fingerprint density at radius 1 is 0.966 bits per heavy atom. The minimum Gasteiger partial charge on any atom is -0.494 e. The highest BCUT2D eigenvalue weighted by Crippen LogP contribution is 2.08. The van der Waals surface area contributed by atoms with Crippen LogP contribution in [0.25, 0.3) is 0 Å². The van der Waals surface area contributed by atoms with Crippen molar-refractivity contribution < 1.29 is 13.2 Å². The van der Waals surface area contributed by atoms with Crippen molar-refractivity contribution in [1.82, 2.24) is 10.6 Å². The molecule has 0 saturated carbocycles. The van der Waals surface area contributed by atoms with Gasteiger partial charge < -0.3 is 15.4 Å². The van der Waals surface area contributed by atoms with Gasteiger partial charge in [0.25, 0.3) is 0 Å². The van der Waals surface area contributed by atoms with E-state index >= 15 is 0 Å². The van der Waals surface area contributed by atoms with Crippen molar-refractivity contribution in [1.29, 1.82) is 0 Å². The van der Waals surface area contributed by atoms with Gasteiger partial charge in [-0.05, 0) is 31.0 Å². The summed E-state index contributed by atoms with van der Waals surface area (Å²) in [6.45, 7) is 4.54. The van der Waals surface area contributed by atoms with Gasteiger partial charge in [0.05, 0.1) is 18.1 Å². The first kappa shape index (κ1) is 22.7. The minimum atomic E-state index is -3.11. The topological polar surface area (TPSA) is 79.8 Å². The van der Waals surface area contributed by atoms with Crippen molar-refractivity contribution in [3.05, 3.63) is 66.2 Å². The van der Waals surface area contributed by atoms with Crippen LogP contribution in [-0.2, 0) is 15.6 Å². The molecule has 0 fully saturated rings. The number of nitrogens with zero attached hydrogens (tertiary/aromatic N) is 1. The van der Waals surface area contributed by atoms with E-state index in [1.807, 2.05) is 67.6 Å². The molecule has 2 aromatic carbocycles. The molecule has 7 heteroatoms. The molecule has 2 rings (SSSR count). The molecule has 0 bridgehead atoms. The molecule has 0 radical (unpaired) electrons. The molecule has 0 unspecified atom stereocenters. The van der Waals surface area contributed by atoms with Crippen LogP contribution < -0.4 is 15.4 Å². The summed E-state index contributed by atoms with van der Waals surface area (Å²) in [6.07, 6.45) is 1.34. The fraction of sp³-hybridized carbons (Fsp3) is 0.409. The standard InChI is InChI=1S/C22H31N3O3S/c1-2-23-22(24-15-9-17-28-21-13-7-4-8-14-21)25-16-10-18-29(26,27)19-20-11-5-3-6-12-20/h3-8,11-14H,2,9-10,15-19H2,1H3,(H2,23,24,25). The van der Waals surface area contributed by atoms with Crippen molar-refractivity contribution in [2.45, 2.75) is 25.5 Å². The van der Waals surface area contributed by atoms with E-state index in [1.165, 1.54) is 0 Å². The van der Waals surface area contributed by atoms with E-state index in [1.54, 1.807) is 0 Å². The molecule has 0 spiro atoms. The molecule has 0 heterocycles. The summed E-state index contributed by atoms with van der Waals surface area (Å²) < 4.78 is 30.1. The zero-order valence-corrected chi connectivity index (χ0v) is 17.8. The monoisotopic (exact) mass is 417 g/mol. The van der Waals surface area contributed by atoms with E-state index in [2.05, 4.69) is 15.6 Å². The molecule has 29 heavy (non-hydrogen) atoms. The molecule has 0 aliphatic rings. The van der Waals surface area contributed by atoms with E-state index in [-0.39, 0.29) is 11.5 Å². The van der Waals surface area contributed by atoms with Gasteiger partial charge >= 0.3 is 0 Å². The van der Waals surface area contributed by atoms with E-state index in [9.17, 15) is 8.42 Å². The van der Waals surface area contributed by atoms with Crippen LogP contribution in [0.4, 0.5) is 0 Å². The Balaban J connectivity index is 1.66. The smallest absolute Gasteiger partial charge is 0.191 e. The summed E-state index contributed by atoms with van der Waals surface area (Å²) in [5.41, 5.74) is 0.827. The van der Waals surface area contributed by atoms with E-state index in [4.69, 9.17) is 4.74 Å². The Hall–Kier alpha value is -2.54. The Kier molecular flexibility index (Phi) is 10.1. The van der Waals surface area contributed by atoms with Gasteiger partial charge in [-0.3, -0.25) is 4.99 Å². The minimum absolute atomic E-state index is 0.0867. The predicted molar refractivity (Wildman–Crippen MR) is 119 cm³/mol. The van der Waals surface area contributed by atoms with Crippen molar-refractivity contribution in [2.75, 3.05) is 32.0 Å². The van der Waals surface area contributed by atoms with Crippen LogP contribution >= 0.6 is 0 Å². The Labute approximate surface area is 174 Å². The number of ether oxygens (including phenoxy) is 1. The number of hydrogen-bond donors (Lipinski definition) is 2. The highest BCUT2D eigenvalue weighted by molar-refractivity contribution is 7.90. The highest BCUT2D eigenvalue weighted by Gasteiger charge is 2.11. The number of para-hydroxylation sites is 1. The number of aliphatic imine (C=N–C) groups is 1. The lowest BCUT2D eigenvalue weighted by atomic mass is 10.2. The maximum atomic E-state index is 12.2. The predicted octanol–water partition coefficient (Wildman–Crippen LogP) is 3.02. The van der Waals surface area contributed by atoms with Crippen LogP contribution in [-0.4, -0.2) is 46.4 Å². The molecular formula is C22H31N3O3S. The van der Waals surface area contributed by atoms with Crippen molar-refractivity contribution >= 4 is 15.8 Å². The number of rotatable bonds is 12. The molecule has 0 amide bonds. The molecule has 6 nitrogen and oxygen atoms in total. The SMILES string of the molecule is CCNC(=NCCCOc1ccccc1)NCCCS(=O)(=O)Cc1ccccc1. The first-order valence-corrected chi connectivity index (χ1v) is 11.9. The zero-order chi connectivity index (χ0) is 20.8. The van der Waals surface area contributed by atoms with Crippen LogP contribution in [0.15, 0.2) is 65.7 Å². The van der Waals surface area contributed by atoms with E-state index < -0.39 is 9.84 Å². The van der Waals surface area contributed by atoms with Crippen molar-refractivity contribution in [2.24, 2.45) is 4.99 Å². The van der Waals surface area contributed by atoms with Crippen molar-refractivity contribution in [3.63, 3.8) is 0 Å². The van der Waals surface area contributed by atoms with Crippen LogP contribution in [0, 0.1) is 0 Å². The van der Waals surface area contributed by atoms with Crippen LogP contribution in [0.3, 0.4) is 0 Å². The zero-order valence-electron chi connectivity index (χ0n) is 17.0. The highest BCUT2D eigenvalue weighted by atomic mass is 32.2. The first-order valence-electron chi connectivity index (χ1n) is 10.0. The van der Waals surface area contributed by atoms with Gasteiger partial charge in [-0.15, -0.1) is 0 Å². The summed E-state index contributed by atoms with van der Waals surface area (Å²) in [4.78, 5) is 4.51. The average Bonchev–Trinajstić information content (AvgIpc) is 2.72. The molecule has 0 aliphatic heterocycles. The Bertz CT molecular complexity index is 825. The quantitative estimate of drug-likeness (QED) is 0.315. The summed E-state index contributed by atoms with van der Waals surface area (Å²) >= 11 is 0. The van der Waals surface area contributed by atoms with Crippen LogP contribution in [0.1, 0.15) is 25.3 Å². The van der Waals surface area contributed by atoms with Gasteiger partial charge in [-0.2, -0.15) is 0 Å². The maximum Gasteiger partial charge on any atom is 0.191 e. The van der Waals surface area contributed by atoms with Gasteiger partial charge in [0.2, 0.25) is 0 Å². The fourth-order valence-electron chi connectivity index (χ4n) is 2.70. The van der Waals surface area contributed by atoms with Gasteiger partial charge in [0.15, 0.2) is 15.8 Å². The third-order valence-electron chi connectivity index (χ3n) is 4.08. The number of guanidine groups is 1. The molecular weight excluding hydrogens is 386 g/mol. The number of sulfone groups is 1. The Morgan fingerprint density at radius 2 is 1.66 bits per heavy atom. The van der Waals surface area contributed by atoms with Gasteiger partial charge in [-0.25, -0.2) is 8.42 Å². The number of benzene rings is 2. The molecule has 158 valence electrons. The molecule has 0 aromatic heterocycles. The normalized spacial score (nSPS) is 11.8. The number of hydrogen-bond acceptors (Lipinski definition) is 4. The van der Waals surface area contributed by atoms with Gasteiger partial charge in [0, 0.05) is 26.1 Å². The Morgan fingerprint density at radius 3 is 2.34 bits per heavy atom. The maximum absolute atomic E-state index is 12.2. The largest absolute Gasteiger partial charge is 0.494 e. The summed E-state index contributed by atoms with van der Waals surface area (Å²) in [5, 5.41) is 6.38. The third kappa shape index (κ3) is 9.99. The molecule has 2 aromatic rings. The second-order valence-electron chi connectivity index (χ2n) is 6.63. The lowest BCUT2D eigenvalue weighted by Gasteiger charge is -2.11. The molecule has 0 atom stereocenters. The molecule has 0 saturated heterocycles. The summed E-state index contributed by atoms with van der Waals surface area (Å²) in [5.74, 6) is 1.80. The summed E-state index contributed by atoms with van der Waals surface area (Å²) in [7, 11) is -3.11. The van der Waals surface area contributed by atoms with Crippen molar-refractivity contribution in [3.8, 4) is 5.75 Å². The number of nitrogens with one attached hydrogen (secondary N) is 2. The van der Waals surface area contributed by atoms with Gasteiger partial charge in [0.1, 0.15) is 5.75 Å². The second-order valence-corrected chi connectivity index (χ2v) is 8.82. The molecule has 0 aliphatic carbocycles. The van der Waals surface area contributed by atoms with Crippen LogP contribution in [0.2, 0.25) is 0 Å². The molecule has 2 N–H and O–H groups in total. The summed E-state index contributed by atoms with van der Waals surface area (Å²) in [6, 6.07) is 19.0. The first-order chi connectivity index (χ1) is 14.1. The second kappa shape index (κ2) is 12.8. The van der Waals surface area contributed by atoms with Gasteiger partial charge in [-0.1, -0.05) is 48.5 Å². The van der Waals surface area contributed by atoms with Crippen LogP contribution in [0.5, 0.6) is 5.75 Å². The lowest BCUT2D eigenvalue weighted by Crippen LogP contribution is -2.38. The van der Waals surface area contributed by atoms with E-state index in [0.717, 1.165) is 24.3 Å². The third-order valence-corrected chi connectivity index (χ3v) is 5.77. The van der Waals surface area contributed by atoms with E-state index in [0.29, 0.717) is 32.1 Å². The average molecular weight is 418 g/mol.